The Bertz CT molecular complexity index is 659. The molecule has 0 bridgehead atoms. The van der Waals surface area contributed by atoms with E-state index in [9.17, 15) is 20.4 Å². The Morgan fingerprint density at radius 3 is 2.58 bits per heavy atom. The van der Waals surface area contributed by atoms with Crippen LogP contribution in [0.15, 0.2) is 12.1 Å². The lowest BCUT2D eigenvalue weighted by atomic mass is 9.55. The second-order valence-corrected chi connectivity index (χ2v) is 8.03. The van der Waals surface area contributed by atoms with Gasteiger partial charge in [0.25, 0.3) is 0 Å². The number of benzene rings is 1. The van der Waals surface area contributed by atoms with Gasteiger partial charge in [0.1, 0.15) is 6.10 Å². The van der Waals surface area contributed by atoms with Gasteiger partial charge in [-0.15, -0.1) is 0 Å². The number of aliphatic hydroxyl groups is 3. The zero-order chi connectivity index (χ0) is 17.2. The Labute approximate surface area is 141 Å². The first-order valence-corrected chi connectivity index (χ1v) is 8.82. The fourth-order valence-electron chi connectivity index (χ4n) is 5.81. The molecule has 0 saturated heterocycles. The SMILES string of the molecule is COc1cc2c(cc1O)CC[C@H]1[C@@H]3[C@@H](O)[C@@H](O)[C@H](O)[C@@]3(C)CC[C@H]21. The van der Waals surface area contributed by atoms with Crippen molar-refractivity contribution in [1.29, 1.82) is 0 Å². The Morgan fingerprint density at radius 1 is 1.12 bits per heavy atom. The minimum atomic E-state index is -1.06. The average Bonchev–Trinajstić information content (AvgIpc) is 2.75. The Hall–Kier alpha value is -1.30. The van der Waals surface area contributed by atoms with Crippen LogP contribution in [0.2, 0.25) is 0 Å². The van der Waals surface area contributed by atoms with Crippen LogP contribution in [0.4, 0.5) is 0 Å². The number of phenols is 1. The van der Waals surface area contributed by atoms with Crippen molar-refractivity contribution in [3.05, 3.63) is 23.3 Å². The van der Waals surface area contributed by atoms with Crippen molar-refractivity contribution >= 4 is 0 Å². The number of phenolic OH excluding ortho intramolecular Hbond substituents is 1. The molecule has 4 rings (SSSR count). The van der Waals surface area contributed by atoms with Gasteiger partial charge in [0, 0.05) is 5.41 Å². The van der Waals surface area contributed by atoms with E-state index in [1.54, 1.807) is 13.2 Å². The summed E-state index contributed by atoms with van der Waals surface area (Å²) in [5, 5.41) is 41.3. The lowest BCUT2D eigenvalue weighted by Gasteiger charge is -2.50. The van der Waals surface area contributed by atoms with Crippen molar-refractivity contribution in [2.45, 2.75) is 56.8 Å². The number of rotatable bonds is 1. The molecule has 0 unspecified atom stereocenters. The fraction of sp³-hybridized carbons (Fsp3) is 0.684. The van der Waals surface area contributed by atoms with E-state index in [0.717, 1.165) is 31.2 Å². The van der Waals surface area contributed by atoms with Crippen LogP contribution >= 0.6 is 0 Å². The van der Waals surface area contributed by atoms with E-state index >= 15 is 0 Å². The number of aromatic hydroxyl groups is 1. The summed E-state index contributed by atoms with van der Waals surface area (Å²) in [4.78, 5) is 0. The van der Waals surface area contributed by atoms with Crippen LogP contribution in [0.25, 0.3) is 0 Å². The van der Waals surface area contributed by atoms with E-state index in [1.165, 1.54) is 5.56 Å². The topological polar surface area (TPSA) is 90.2 Å². The first-order chi connectivity index (χ1) is 11.4. The van der Waals surface area contributed by atoms with Crippen molar-refractivity contribution in [3.63, 3.8) is 0 Å². The zero-order valence-electron chi connectivity index (χ0n) is 14.1. The highest BCUT2D eigenvalue weighted by Gasteiger charge is 2.62. The molecule has 24 heavy (non-hydrogen) atoms. The first-order valence-electron chi connectivity index (χ1n) is 8.82. The summed E-state index contributed by atoms with van der Waals surface area (Å²) < 4.78 is 5.27. The Morgan fingerprint density at radius 2 is 1.88 bits per heavy atom. The molecule has 5 nitrogen and oxygen atoms in total. The predicted octanol–water partition coefficient (Wildman–Crippen LogP) is 1.56. The molecule has 4 N–H and O–H groups in total. The number of aliphatic hydroxyl groups excluding tert-OH is 3. The van der Waals surface area contributed by atoms with Crippen molar-refractivity contribution in [1.82, 2.24) is 0 Å². The van der Waals surface area contributed by atoms with Crippen molar-refractivity contribution < 1.29 is 25.2 Å². The largest absolute Gasteiger partial charge is 0.504 e. The van der Waals surface area contributed by atoms with Gasteiger partial charge in [0.2, 0.25) is 0 Å². The second-order valence-electron chi connectivity index (χ2n) is 8.03. The monoisotopic (exact) mass is 334 g/mol. The molecule has 1 aromatic carbocycles. The molecular weight excluding hydrogens is 308 g/mol. The predicted molar refractivity (Wildman–Crippen MR) is 88.1 cm³/mol. The Balaban J connectivity index is 1.75. The van der Waals surface area contributed by atoms with Crippen LogP contribution in [-0.4, -0.2) is 45.8 Å². The lowest BCUT2D eigenvalue weighted by Crippen LogP contribution is -2.46. The van der Waals surface area contributed by atoms with Gasteiger partial charge in [0.05, 0.1) is 19.3 Å². The van der Waals surface area contributed by atoms with Gasteiger partial charge in [-0.2, -0.15) is 0 Å². The summed E-state index contributed by atoms with van der Waals surface area (Å²) >= 11 is 0. The molecule has 132 valence electrons. The molecule has 0 heterocycles. The Kier molecular flexibility index (Phi) is 3.61. The summed E-state index contributed by atoms with van der Waals surface area (Å²) in [6.07, 6.45) is 0.619. The van der Waals surface area contributed by atoms with Gasteiger partial charge in [0.15, 0.2) is 11.5 Å². The van der Waals surface area contributed by atoms with E-state index in [1.807, 2.05) is 13.0 Å². The molecule has 7 atom stereocenters. The second kappa shape index (κ2) is 5.35. The number of hydrogen-bond acceptors (Lipinski definition) is 5. The average molecular weight is 334 g/mol. The number of aryl methyl sites for hydroxylation is 1. The summed E-state index contributed by atoms with van der Waals surface area (Å²) in [7, 11) is 1.55. The smallest absolute Gasteiger partial charge is 0.160 e. The minimum absolute atomic E-state index is 0.103. The highest BCUT2D eigenvalue weighted by atomic mass is 16.5. The molecule has 3 aliphatic carbocycles. The molecule has 0 aromatic heterocycles. The third-order valence-electron chi connectivity index (χ3n) is 7.04. The number of methoxy groups -OCH3 is 1. The first kappa shape index (κ1) is 16.2. The van der Waals surface area contributed by atoms with Gasteiger partial charge >= 0.3 is 0 Å². The van der Waals surface area contributed by atoms with Crippen LogP contribution in [-0.2, 0) is 6.42 Å². The quantitative estimate of drug-likeness (QED) is 0.626. The van der Waals surface area contributed by atoms with Gasteiger partial charge in [-0.05, 0) is 66.7 Å². The van der Waals surface area contributed by atoms with E-state index in [0.29, 0.717) is 5.75 Å². The van der Waals surface area contributed by atoms with Gasteiger partial charge in [-0.1, -0.05) is 6.92 Å². The van der Waals surface area contributed by atoms with Gasteiger partial charge in [-0.3, -0.25) is 0 Å². The third-order valence-corrected chi connectivity index (χ3v) is 7.04. The van der Waals surface area contributed by atoms with Crippen LogP contribution in [0.5, 0.6) is 11.5 Å². The maximum atomic E-state index is 10.6. The van der Waals surface area contributed by atoms with E-state index in [-0.39, 0.29) is 23.5 Å². The van der Waals surface area contributed by atoms with E-state index in [2.05, 4.69) is 0 Å². The molecule has 3 aliphatic rings. The molecule has 5 heteroatoms. The number of fused-ring (bicyclic) bond motifs is 5. The maximum absolute atomic E-state index is 10.6. The number of ether oxygens (including phenoxy) is 1. The van der Waals surface area contributed by atoms with Gasteiger partial charge in [-0.25, -0.2) is 0 Å². The standard InChI is InChI=1S/C19H26O5/c1-19-6-5-10-11(15(19)16(21)17(22)18(19)23)4-3-9-7-13(20)14(24-2)8-12(9)10/h7-8,10-11,15-18,20-23H,3-6H2,1-2H3/t10-,11+,15+,16+,17+,18-,19-/m0/s1. The van der Waals surface area contributed by atoms with Crippen molar-refractivity contribution in [2.24, 2.45) is 17.3 Å². The van der Waals surface area contributed by atoms with E-state index in [4.69, 9.17) is 4.74 Å². The fourth-order valence-corrected chi connectivity index (χ4v) is 5.81. The van der Waals surface area contributed by atoms with Crippen molar-refractivity contribution in [3.8, 4) is 11.5 Å². The molecule has 2 fully saturated rings. The molecular formula is C19H26O5. The van der Waals surface area contributed by atoms with Crippen molar-refractivity contribution in [2.75, 3.05) is 7.11 Å². The lowest BCUT2D eigenvalue weighted by molar-refractivity contribution is -0.0505. The van der Waals surface area contributed by atoms with E-state index < -0.39 is 23.7 Å². The summed E-state index contributed by atoms with van der Waals surface area (Å²) in [6, 6.07) is 3.73. The summed E-state index contributed by atoms with van der Waals surface area (Å²) in [6.45, 7) is 2.00. The molecule has 2 saturated carbocycles. The normalized spacial score (nSPS) is 43.7. The summed E-state index contributed by atoms with van der Waals surface area (Å²) in [5.41, 5.74) is 1.90. The molecule has 0 amide bonds. The maximum Gasteiger partial charge on any atom is 0.160 e. The minimum Gasteiger partial charge on any atom is -0.504 e. The highest BCUT2D eigenvalue weighted by molar-refractivity contribution is 5.49. The molecule has 0 aliphatic heterocycles. The van der Waals surface area contributed by atoms with Crippen LogP contribution in [0, 0.1) is 17.3 Å². The third kappa shape index (κ3) is 1.98. The molecule has 1 aromatic rings. The van der Waals surface area contributed by atoms with Gasteiger partial charge < -0.3 is 25.2 Å². The zero-order valence-corrected chi connectivity index (χ0v) is 14.1. The van der Waals surface area contributed by atoms with Crippen LogP contribution in [0.3, 0.4) is 0 Å². The van der Waals surface area contributed by atoms with Crippen LogP contribution < -0.4 is 4.74 Å². The number of hydrogen-bond donors (Lipinski definition) is 4. The van der Waals surface area contributed by atoms with Crippen LogP contribution in [0.1, 0.15) is 43.2 Å². The highest BCUT2D eigenvalue weighted by Crippen LogP contribution is 2.61. The summed E-state index contributed by atoms with van der Waals surface area (Å²) in [5.74, 6) is 1.05. The molecule has 0 spiro atoms. The molecule has 0 radical (unpaired) electrons.